The third kappa shape index (κ3) is 4.43. The summed E-state index contributed by atoms with van der Waals surface area (Å²) < 4.78 is 0. The highest BCUT2D eigenvalue weighted by Crippen LogP contribution is 2.28. The van der Waals surface area contributed by atoms with Crippen LogP contribution in [-0.2, 0) is 6.42 Å². The van der Waals surface area contributed by atoms with Crippen molar-refractivity contribution < 1.29 is 4.92 Å². The van der Waals surface area contributed by atoms with Gasteiger partial charge in [0.2, 0.25) is 0 Å². The Bertz CT molecular complexity index is 482. The first kappa shape index (κ1) is 15.8. The number of nitrogens with zero attached hydrogens (tertiary/aromatic N) is 3. The number of anilines is 1. The van der Waals surface area contributed by atoms with Crippen LogP contribution in [0, 0.1) is 10.1 Å². The third-order valence-electron chi connectivity index (χ3n) is 4.11. The lowest BCUT2D eigenvalue weighted by atomic mass is 10.1. The molecule has 0 N–H and O–H groups in total. The summed E-state index contributed by atoms with van der Waals surface area (Å²) in [5.74, 6) is 0. The number of nitro benzene ring substituents is 1. The molecule has 0 radical (unpaired) electrons. The van der Waals surface area contributed by atoms with Crippen LogP contribution in [0.4, 0.5) is 11.4 Å². The highest BCUT2D eigenvalue weighted by Gasteiger charge is 2.16. The first-order valence-corrected chi connectivity index (χ1v) is 7.75. The maximum atomic E-state index is 11.2. The molecule has 21 heavy (non-hydrogen) atoms. The van der Waals surface area contributed by atoms with Crippen molar-refractivity contribution in [3.8, 4) is 0 Å². The van der Waals surface area contributed by atoms with Crippen LogP contribution < -0.4 is 4.90 Å². The Morgan fingerprint density at radius 2 is 1.95 bits per heavy atom. The van der Waals surface area contributed by atoms with E-state index >= 15 is 0 Å². The molecule has 1 fully saturated rings. The summed E-state index contributed by atoms with van der Waals surface area (Å²) in [6.07, 6.45) is 5.95. The zero-order valence-corrected chi connectivity index (χ0v) is 13.0. The number of nitro groups is 1. The number of hydrogen-bond acceptors (Lipinski definition) is 4. The van der Waals surface area contributed by atoms with E-state index in [-0.39, 0.29) is 10.6 Å². The van der Waals surface area contributed by atoms with Gasteiger partial charge in [-0.15, -0.1) is 0 Å². The fraction of sp³-hybridized carbons (Fsp3) is 0.625. The molecule has 0 atom stereocenters. The molecule has 5 nitrogen and oxygen atoms in total. The van der Waals surface area contributed by atoms with Gasteiger partial charge in [-0.2, -0.15) is 0 Å². The molecule has 1 aromatic rings. The van der Waals surface area contributed by atoms with E-state index in [1.165, 1.54) is 32.4 Å². The second kappa shape index (κ2) is 7.41. The highest BCUT2D eigenvalue weighted by molar-refractivity contribution is 5.63. The van der Waals surface area contributed by atoms with Crippen LogP contribution in [0.3, 0.4) is 0 Å². The normalized spacial score (nSPS) is 15.9. The van der Waals surface area contributed by atoms with Crippen molar-refractivity contribution >= 4 is 11.4 Å². The predicted molar refractivity (Wildman–Crippen MR) is 86.0 cm³/mol. The highest BCUT2D eigenvalue weighted by atomic mass is 16.6. The van der Waals surface area contributed by atoms with Gasteiger partial charge in [0.1, 0.15) is 5.69 Å². The summed E-state index contributed by atoms with van der Waals surface area (Å²) >= 11 is 0. The zero-order chi connectivity index (χ0) is 15.2. The molecule has 2 rings (SSSR count). The van der Waals surface area contributed by atoms with Crippen LogP contribution in [0.15, 0.2) is 18.2 Å². The molecule has 0 unspecified atom stereocenters. The van der Waals surface area contributed by atoms with Crippen LogP contribution in [0.25, 0.3) is 0 Å². The van der Waals surface area contributed by atoms with Crippen LogP contribution in [0.1, 0.15) is 31.2 Å². The number of aryl methyl sites for hydroxylation is 1. The summed E-state index contributed by atoms with van der Waals surface area (Å²) in [4.78, 5) is 15.2. The van der Waals surface area contributed by atoms with E-state index in [1.54, 1.807) is 11.0 Å². The molecule has 0 saturated carbocycles. The van der Waals surface area contributed by atoms with E-state index in [2.05, 4.69) is 4.90 Å². The monoisotopic (exact) mass is 291 g/mol. The second-order valence-electron chi connectivity index (χ2n) is 5.98. The van der Waals surface area contributed by atoms with Crippen molar-refractivity contribution in [3.05, 3.63) is 33.9 Å². The number of likely N-dealkylation sites (tertiary alicyclic amines) is 1. The van der Waals surface area contributed by atoms with E-state index in [9.17, 15) is 10.1 Å². The third-order valence-corrected chi connectivity index (χ3v) is 4.11. The number of benzene rings is 1. The fourth-order valence-electron chi connectivity index (χ4n) is 2.94. The van der Waals surface area contributed by atoms with Crippen LogP contribution in [-0.4, -0.2) is 43.6 Å². The van der Waals surface area contributed by atoms with E-state index < -0.39 is 0 Å². The van der Waals surface area contributed by atoms with Gasteiger partial charge in [0.05, 0.1) is 4.92 Å². The van der Waals surface area contributed by atoms with E-state index in [0.29, 0.717) is 5.69 Å². The van der Waals surface area contributed by atoms with Gasteiger partial charge >= 0.3 is 0 Å². The SMILES string of the molecule is CN(C)c1ccc(CCCN2CCCCC2)cc1[N+](=O)[O-]. The van der Waals surface area contributed by atoms with Gasteiger partial charge in [-0.25, -0.2) is 0 Å². The lowest BCUT2D eigenvalue weighted by Crippen LogP contribution is -2.30. The molecular weight excluding hydrogens is 266 g/mol. The van der Waals surface area contributed by atoms with Gasteiger partial charge in [0.25, 0.3) is 5.69 Å². The molecule has 0 amide bonds. The lowest BCUT2D eigenvalue weighted by molar-refractivity contribution is -0.384. The average Bonchev–Trinajstić information content (AvgIpc) is 2.48. The van der Waals surface area contributed by atoms with Crippen LogP contribution in [0.5, 0.6) is 0 Å². The maximum Gasteiger partial charge on any atom is 0.292 e. The largest absolute Gasteiger partial charge is 0.372 e. The van der Waals surface area contributed by atoms with Crippen molar-refractivity contribution in [2.24, 2.45) is 0 Å². The minimum Gasteiger partial charge on any atom is -0.372 e. The Hall–Kier alpha value is -1.62. The van der Waals surface area contributed by atoms with Gasteiger partial charge < -0.3 is 9.80 Å². The van der Waals surface area contributed by atoms with Gasteiger partial charge in [-0.3, -0.25) is 10.1 Å². The molecule has 1 heterocycles. The minimum absolute atomic E-state index is 0.204. The Morgan fingerprint density at radius 3 is 2.57 bits per heavy atom. The molecule has 5 heteroatoms. The first-order valence-electron chi connectivity index (χ1n) is 7.75. The van der Waals surface area contributed by atoms with Gasteiger partial charge in [0.15, 0.2) is 0 Å². The number of hydrogen-bond donors (Lipinski definition) is 0. The Balaban J connectivity index is 1.93. The lowest BCUT2D eigenvalue weighted by Gasteiger charge is -2.26. The van der Waals surface area contributed by atoms with E-state index in [0.717, 1.165) is 24.9 Å². The van der Waals surface area contributed by atoms with Crippen molar-refractivity contribution in [1.82, 2.24) is 4.90 Å². The van der Waals surface area contributed by atoms with E-state index in [1.807, 2.05) is 26.2 Å². The topological polar surface area (TPSA) is 49.6 Å². The van der Waals surface area contributed by atoms with Crippen LogP contribution in [0.2, 0.25) is 0 Å². The summed E-state index contributed by atoms with van der Waals surface area (Å²) in [7, 11) is 3.66. The second-order valence-corrected chi connectivity index (χ2v) is 5.98. The first-order chi connectivity index (χ1) is 10.1. The molecule has 0 bridgehead atoms. The molecule has 0 aliphatic carbocycles. The summed E-state index contributed by atoms with van der Waals surface area (Å²) in [6.45, 7) is 3.52. The van der Waals surface area contributed by atoms with Crippen molar-refractivity contribution in [2.75, 3.05) is 38.6 Å². The minimum atomic E-state index is -0.288. The fourth-order valence-corrected chi connectivity index (χ4v) is 2.94. The summed E-state index contributed by atoms with van der Waals surface area (Å²) in [5, 5.41) is 11.2. The van der Waals surface area contributed by atoms with Crippen molar-refractivity contribution in [1.29, 1.82) is 0 Å². The predicted octanol–water partition coefficient (Wildman–Crippen LogP) is 3.08. The van der Waals surface area contributed by atoms with Gasteiger partial charge in [-0.1, -0.05) is 12.5 Å². The Kier molecular flexibility index (Phi) is 5.56. The van der Waals surface area contributed by atoms with Gasteiger partial charge in [0, 0.05) is 20.2 Å². The number of rotatable bonds is 6. The Labute approximate surface area is 126 Å². The smallest absolute Gasteiger partial charge is 0.292 e. The average molecular weight is 291 g/mol. The molecule has 0 spiro atoms. The molecule has 1 aromatic carbocycles. The zero-order valence-electron chi connectivity index (χ0n) is 13.0. The van der Waals surface area contributed by atoms with Crippen molar-refractivity contribution in [3.63, 3.8) is 0 Å². The van der Waals surface area contributed by atoms with Crippen molar-refractivity contribution in [2.45, 2.75) is 32.1 Å². The molecular formula is C16H25N3O2. The van der Waals surface area contributed by atoms with Gasteiger partial charge in [-0.05, 0) is 56.9 Å². The summed E-state index contributed by atoms with van der Waals surface area (Å²) in [5.41, 5.74) is 1.93. The Morgan fingerprint density at radius 1 is 1.24 bits per heavy atom. The van der Waals surface area contributed by atoms with Crippen LogP contribution >= 0.6 is 0 Å². The molecule has 1 aliphatic rings. The quantitative estimate of drug-likeness (QED) is 0.597. The maximum absolute atomic E-state index is 11.2. The molecule has 116 valence electrons. The molecule has 0 aromatic heterocycles. The number of piperidine rings is 1. The molecule has 1 saturated heterocycles. The standard InChI is InChI=1S/C16H25N3O2/c1-17(2)15-9-8-14(13-16(15)19(20)21)7-6-12-18-10-4-3-5-11-18/h8-9,13H,3-7,10-12H2,1-2H3. The summed E-state index contributed by atoms with van der Waals surface area (Å²) in [6, 6.07) is 5.60. The molecule has 1 aliphatic heterocycles. The van der Waals surface area contributed by atoms with E-state index in [4.69, 9.17) is 0 Å².